The zero-order valence-electron chi connectivity index (χ0n) is 21.0. The maximum atomic E-state index is 13.6. The molecule has 1 aromatic heterocycles. The van der Waals surface area contributed by atoms with Gasteiger partial charge in [0, 0.05) is 57.4 Å². The first-order valence-electron chi connectivity index (χ1n) is 13.4. The Kier molecular flexibility index (Phi) is 8.16. The number of ether oxygens (including phenoxy) is 1. The van der Waals surface area contributed by atoms with E-state index in [1.54, 1.807) is 0 Å². The van der Waals surface area contributed by atoms with E-state index in [9.17, 15) is 4.39 Å². The number of aromatic nitrogens is 2. The molecule has 7 nitrogen and oxygen atoms in total. The van der Waals surface area contributed by atoms with Crippen LogP contribution in [0.2, 0.25) is 0 Å². The van der Waals surface area contributed by atoms with Crippen molar-refractivity contribution in [2.24, 2.45) is 0 Å². The first-order valence-corrected chi connectivity index (χ1v) is 13.8. The molecule has 0 saturated carbocycles. The number of thiocarbonyl (C=S) groups is 1. The lowest BCUT2D eigenvalue weighted by Crippen LogP contribution is -2.45. The molecule has 3 aliphatic heterocycles. The molecule has 0 spiro atoms. The van der Waals surface area contributed by atoms with Gasteiger partial charge in [0.2, 0.25) is 5.95 Å². The van der Waals surface area contributed by atoms with Crippen LogP contribution in [0, 0.1) is 5.82 Å². The number of nitrogens with zero attached hydrogens (tertiary/aromatic N) is 4. The average molecular weight is 513 g/mol. The lowest BCUT2D eigenvalue weighted by atomic mass is 9.74. The van der Waals surface area contributed by atoms with Crippen LogP contribution in [0.5, 0.6) is 0 Å². The minimum Gasteiger partial charge on any atom is -0.381 e. The highest BCUT2D eigenvalue weighted by atomic mass is 32.1. The molecule has 0 aliphatic carbocycles. The lowest BCUT2D eigenvalue weighted by Gasteiger charge is -2.38. The predicted octanol–water partition coefficient (Wildman–Crippen LogP) is 4.63. The highest BCUT2D eigenvalue weighted by Crippen LogP contribution is 2.34. The molecule has 0 radical (unpaired) electrons. The summed E-state index contributed by atoms with van der Waals surface area (Å²) in [5.41, 5.74) is 0.950. The van der Waals surface area contributed by atoms with E-state index in [0.717, 1.165) is 56.2 Å². The van der Waals surface area contributed by atoms with Crippen LogP contribution in [0.15, 0.2) is 30.3 Å². The van der Waals surface area contributed by atoms with Crippen molar-refractivity contribution in [2.75, 3.05) is 61.1 Å². The summed E-state index contributed by atoms with van der Waals surface area (Å²) in [4.78, 5) is 14.5. The lowest BCUT2D eigenvalue weighted by molar-refractivity contribution is 0.0515. The van der Waals surface area contributed by atoms with Crippen LogP contribution in [0.4, 0.5) is 22.0 Å². The molecule has 0 unspecified atom stereocenters. The van der Waals surface area contributed by atoms with E-state index in [1.807, 2.05) is 12.1 Å². The second kappa shape index (κ2) is 11.7. The normalized spacial score (nSPS) is 20.1. The van der Waals surface area contributed by atoms with E-state index in [2.05, 4.69) is 26.5 Å². The van der Waals surface area contributed by atoms with Gasteiger partial charge in [-0.15, -0.1) is 0 Å². The van der Waals surface area contributed by atoms with Gasteiger partial charge in [0.1, 0.15) is 17.5 Å². The fourth-order valence-electron chi connectivity index (χ4n) is 5.58. The van der Waals surface area contributed by atoms with Crippen LogP contribution in [-0.2, 0) is 10.2 Å². The summed E-state index contributed by atoms with van der Waals surface area (Å²) in [5.74, 6) is 2.27. The third kappa shape index (κ3) is 6.06. The Hall–Kier alpha value is -2.52. The fourth-order valence-corrected chi connectivity index (χ4v) is 5.74. The highest BCUT2D eigenvalue weighted by molar-refractivity contribution is 7.80. The average Bonchev–Trinajstić information content (AvgIpc) is 3.31. The van der Waals surface area contributed by atoms with Crippen LogP contribution < -0.4 is 20.4 Å². The van der Waals surface area contributed by atoms with Crippen molar-refractivity contribution in [1.29, 1.82) is 0 Å². The number of benzene rings is 1. The van der Waals surface area contributed by atoms with E-state index in [-0.39, 0.29) is 11.2 Å². The van der Waals surface area contributed by atoms with Gasteiger partial charge in [0.15, 0.2) is 5.11 Å². The summed E-state index contributed by atoms with van der Waals surface area (Å²) in [6, 6.07) is 8.98. The molecular weight excluding hydrogens is 475 g/mol. The molecule has 2 aromatic rings. The second-order valence-corrected chi connectivity index (χ2v) is 10.6. The van der Waals surface area contributed by atoms with Gasteiger partial charge in [-0.2, -0.15) is 9.97 Å². The third-order valence-corrected chi connectivity index (χ3v) is 8.02. The molecule has 3 fully saturated rings. The molecule has 36 heavy (non-hydrogen) atoms. The van der Waals surface area contributed by atoms with E-state index in [4.69, 9.17) is 26.9 Å². The monoisotopic (exact) mass is 512 g/mol. The quantitative estimate of drug-likeness (QED) is 0.543. The van der Waals surface area contributed by atoms with Gasteiger partial charge >= 0.3 is 0 Å². The van der Waals surface area contributed by atoms with E-state index in [1.165, 1.54) is 50.7 Å². The molecule has 3 aliphatic rings. The number of nitrogens with one attached hydrogen (secondary N) is 2. The van der Waals surface area contributed by atoms with Gasteiger partial charge in [-0.25, -0.2) is 4.39 Å². The Balaban J connectivity index is 1.31. The standard InChI is InChI=1S/C27H37FN6OS/c28-22-9-7-21(8-10-22)27(11-17-35-18-12-27)20-29-26(36)32-25-30-23(33-13-3-1-2-4-14-33)19-24(31-25)34-15-5-6-16-34/h7-10,19H,1-6,11-18,20H2,(H2,29,30,31,32,36). The Bertz CT molecular complexity index is 1020. The van der Waals surface area contributed by atoms with E-state index >= 15 is 0 Å². The Morgan fingerprint density at radius 3 is 2.03 bits per heavy atom. The maximum Gasteiger partial charge on any atom is 0.232 e. The van der Waals surface area contributed by atoms with Crippen molar-refractivity contribution < 1.29 is 9.13 Å². The Morgan fingerprint density at radius 1 is 0.889 bits per heavy atom. The van der Waals surface area contributed by atoms with Crippen LogP contribution in [0.3, 0.4) is 0 Å². The zero-order valence-corrected chi connectivity index (χ0v) is 21.8. The maximum absolute atomic E-state index is 13.6. The molecule has 0 bridgehead atoms. The number of halogens is 1. The largest absolute Gasteiger partial charge is 0.381 e. The third-order valence-electron chi connectivity index (χ3n) is 7.78. The topological polar surface area (TPSA) is 65.6 Å². The van der Waals surface area contributed by atoms with Crippen LogP contribution in [0.25, 0.3) is 0 Å². The fraction of sp³-hybridized carbons (Fsp3) is 0.593. The SMILES string of the molecule is Fc1ccc(C2(CNC(=S)Nc3nc(N4CCCCCC4)cc(N4CCCC4)n3)CCOCC2)cc1. The number of hydrogen-bond acceptors (Lipinski definition) is 6. The number of hydrogen-bond donors (Lipinski definition) is 2. The van der Waals surface area contributed by atoms with Gasteiger partial charge in [-0.1, -0.05) is 25.0 Å². The van der Waals surface area contributed by atoms with Crippen molar-refractivity contribution in [3.63, 3.8) is 0 Å². The van der Waals surface area contributed by atoms with Crippen molar-refractivity contribution in [1.82, 2.24) is 15.3 Å². The van der Waals surface area contributed by atoms with Crippen molar-refractivity contribution in [2.45, 2.75) is 56.8 Å². The minimum atomic E-state index is -0.221. The second-order valence-electron chi connectivity index (χ2n) is 10.2. The van der Waals surface area contributed by atoms with Crippen molar-refractivity contribution in [3.05, 3.63) is 41.7 Å². The molecule has 3 saturated heterocycles. The van der Waals surface area contributed by atoms with E-state index < -0.39 is 0 Å². The van der Waals surface area contributed by atoms with Crippen molar-refractivity contribution in [3.8, 4) is 0 Å². The molecule has 2 N–H and O–H groups in total. The summed E-state index contributed by atoms with van der Waals surface area (Å²) in [6.07, 6.45) is 9.05. The first-order chi connectivity index (χ1) is 17.6. The van der Waals surface area contributed by atoms with Gasteiger partial charge in [0.05, 0.1) is 0 Å². The Morgan fingerprint density at radius 2 is 1.44 bits per heavy atom. The molecule has 9 heteroatoms. The Labute approximate surface area is 218 Å². The summed E-state index contributed by atoms with van der Waals surface area (Å²) < 4.78 is 19.2. The molecular formula is C27H37FN6OS. The molecule has 0 amide bonds. The minimum absolute atomic E-state index is 0.160. The molecule has 0 atom stereocenters. The van der Waals surface area contributed by atoms with Gasteiger partial charge in [-0.3, -0.25) is 0 Å². The first kappa shape index (κ1) is 25.1. The van der Waals surface area contributed by atoms with E-state index in [0.29, 0.717) is 30.8 Å². The molecule has 1 aromatic carbocycles. The molecule has 194 valence electrons. The van der Waals surface area contributed by atoms with Crippen molar-refractivity contribution >= 4 is 34.9 Å². The smallest absolute Gasteiger partial charge is 0.232 e. The summed E-state index contributed by atoms with van der Waals surface area (Å²) in [5, 5.41) is 7.19. The summed E-state index contributed by atoms with van der Waals surface area (Å²) in [6.45, 7) is 6.11. The van der Waals surface area contributed by atoms with Gasteiger partial charge < -0.3 is 25.2 Å². The molecule has 5 rings (SSSR count). The van der Waals surface area contributed by atoms with Crippen LogP contribution in [-0.4, -0.2) is 61.0 Å². The van der Waals surface area contributed by atoms with Crippen LogP contribution in [0.1, 0.15) is 56.9 Å². The highest BCUT2D eigenvalue weighted by Gasteiger charge is 2.34. The number of rotatable bonds is 6. The van der Waals surface area contributed by atoms with Crippen LogP contribution >= 0.6 is 12.2 Å². The summed E-state index contributed by atoms with van der Waals surface area (Å²) >= 11 is 5.70. The van der Waals surface area contributed by atoms with Gasteiger partial charge in [0.25, 0.3) is 0 Å². The predicted molar refractivity (Wildman–Crippen MR) is 147 cm³/mol. The molecule has 4 heterocycles. The summed E-state index contributed by atoms with van der Waals surface area (Å²) in [7, 11) is 0. The van der Waals surface area contributed by atoms with Gasteiger partial charge in [-0.05, 0) is 68.4 Å². The zero-order chi connectivity index (χ0) is 24.8. The number of anilines is 3.